The van der Waals surface area contributed by atoms with Crippen LogP contribution in [-0.2, 0) is 4.79 Å². The predicted molar refractivity (Wildman–Crippen MR) is 47.9 cm³/mol. The first-order chi connectivity index (χ1) is 5.25. The van der Waals surface area contributed by atoms with Crippen molar-refractivity contribution in [1.82, 2.24) is 0 Å². The van der Waals surface area contributed by atoms with Gasteiger partial charge in [0.1, 0.15) is 6.29 Å². The molecule has 0 bridgehead atoms. The summed E-state index contributed by atoms with van der Waals surface area (Å²) in [5.74, 6) is 0.174. The first kappa shape index (κ1) is 8.21. The normalized spacial score (nSPS) is 12.5. The molecule has 11 heavy (non-hydrogen) atoms. The van der Waals surface area contributed by atoms with Gasteiger partial charge in [-0.15, -0.1) is 11.3 Å². The lowest BCUT2D eigenvalue weighted by atomic mass is 10.0. The lowest BCUT2D eigenvalue weighted by Gasteiger charge is -2.05. The molecule has 0 spiro atoms. The van der Waals surface area contributed by atoms with E-state index in [1.807, 2.05) is 24.4 Å². The van der Waals surface area contributed by atoms with Gasteiger partial charge in [-0.05, 0) is 17.0 Å². The molecule has 0 fully saturated rings. The largest absolute Gasteiger partial charge is 0.298 e. The number of carbonyl (C=O) groups is 1. The summed E-state index contributed by atoms with van der Waals surface area (Å²) in [5.41, 5.74) is 0.646. The van der Waals surface area contributed by atoms with Crippen molar-refractivity contribution in [1.29, 1.82) is 0 Å². The van der Waals surface area contributed by atoms with Crippen LogP contribution in [0.4, 0.5) is 0 Å². The molecule has 0 aromatic carbocycles. The van der Waals surface area contributed by atoms with E-state index in [2.05, 4.69) is 6.58 Å². The van der Waals surface area contributed by atoms with Gasteiger partial charge < -0.3 is 0 Å². The summed E-state index contributed by atoms with van der Waals surface area (Å²) in [7, 11) is 0. The summed E-state index contributed by atoms with van der Waals surface area (Å²) in [4.78, 5) is 11.5. The van der Waals surface area contributed by atoms with Crippen LogP contribution in [-0.4, -0.2) is 6.29 Å². The standard InChI is InChI=1S/C9H10OS/c1-7(6-10)8(2)9-4-3-5-11-9/h3-6,8H,1H2,2H3/t8-/m1/s1. The van der Waals surface area contributed by atoms with E-state index in [1.165, 1.54) is 4.88 Å². The molecule has 0 aliphatic rings. The Morgan fingerprint density at radius 3 is 3.00 bits per heavy atom. The molecule has 0 aliphatic carbocycles. The summed E-state index contributed by atoms with van der Waals surface area (Å²) in [6.45, 7) is 5.66. The Hall–Kier alpha value is -0.890. The monoisotopic (exact) mass is 166 g/mol. The molecule has 0 N–H and O–H groups in total. The number of rotatable bonds is 3. The number of allylic oxidation sites excluding steroid dienone is 1. The highest BCUT2D eigenvalue weighted by molar-refractivity contribution is 7.10. The molecule has 1 aromatic heterocycles. The third-order valence-electron chi connectivity index (χ3n) is 1.68. The van der Waals surface area contributed by atoms with Crippen molar-refractivity contribution in [3.8, 4) is 0 Å². The highest BCUT2D eigenvalue weighted by atomic mass is 32.1. The van der Waals surface area contributed by atoms with Gasteiger partial charge in [0.05, 0.1) is 0 Å². The second-order valence-corrected chi connectivity index (χ2v) is 3.41. The first-order valence-corrected chi connectivity index (χ1v) is 4.31. The topological polar surface area (TPSA) is 17.1 Å². The Kier molecular flexibility index (Phi) is 2.60. The summed E-state index contributed by atoms with van der Waals surface area (Å²) in [6.07, 6.45) is 0.824. The van der Waals surface area contributed by atoms with Gasteiger partial charge in [0.15, 0.2) is 0 Å². The third kappa shape index (κ3) is 1.77. The van der Waals surface area contributed by atoms with Gasteiger partial charge in [-0.25, -0.2) is 0 Å². The number of carbonyl (C=O) groups excluding carboxylic acids is 1. The van der Waals surface area contributed by atoms with Crippen molar-refractivity contribution in [2.45, 2.75) is 12.8 Å². The lowest BCUT2D eigenvalue weighted by molar-refractivity contribution is -0.105. The van der Waals surface area contributed by atoms with Gasteiger partial charge in [0.2, 0.25) is 0 Å². The fourth-order valence-electron chi connectivity index (χ4n) is 0.822. The van der Waals surface area contributed by atoms with E-state index in [0.29, 0.717) is 5.57 Å². The van der Waals surface area contributed by atoms with E-state index in [9.17, 15) is 4.79 Å². The van der Waals surface area contributed by atoms with Gasteiger partial charge in [-0.1, -0.05) is 19.6 Å². The second kappa shape index (κ2) is 3.49. The number of aldehydes is 1. The average molecular weight is 166 g/mol. The van der Waals surface area contributed by atoms with Crippen LogP contribution in [0.1, 0.15) is 17.7 Å². The molecule has 0 aliphatic heterocycles. The number of thiophene rings is 1. The minimum atomic E-state index is 0.174. The highest BCUT2D eigenvalue weighted by Crippen LogP contribution is 2.25. The molecule has 2 heteroatoms. The summed E-state index contributed by atoms with van der Waals surface area (Å²) in [5, 5.41) is 2.00. The molecule has 1 atom stereocenters. The van der Waals surface area contributed by atoms with Gasteiger partial charge in [0.25, 0.3) is 0 Å². The van der Waals surface area contributed by atoms with Crippen LogP contribution >= 0.6 is 11.3 Å². The number of hydrogen-bond donors (Lipinski definition) is 0. The quantitative estimate of drug-likeness (QED) is 0.498. The van der Waals surface area contributed by atoms with Crippen LogP contribution in [0.25, 0.3) is 0 Å². The van der Waals surface area contributed by atoms with Crippen LogP contribution in [0, 0.1) is 0 Å². The van der Waals surface area contributed by atoms with Crippen LogP contribution in [0.15, 0.2) is 29.7 Å². The van der Waals surface area contributed by atoms with Crippen molar-refractivity contribution in [2.24, 2.45) is 0 Å². The van der Waals surface area contributed by atoms with Crippen molar-refractivity contribution in [2.75, 3.05) is 0 Å². The Balaban J connectivity index is 2.77. The Morgan fingerprint density at radius 2 is 2.55 bits per heavy atom. The number of hydrogen-bond acceptors (Lipinski definition) is 2. The molecule has 0 radical (unpaired) electrons. The van der Waals surface area contributed by atoms with E-state index in [1.54, 1.807) is 11.3 Å². The zero-order valence-corrected chi connectivity index (χ0v) is 7.23. The van der Waals surface area contributed by atoms with Crippen molar-refractivity contribution < 1.29 is 4.79 Å². The smallest absolute Gasteiger partial charge is 0.146 e. The Morgan fingerprint density at radius 1 is 1.82 bits per heavy atom. The van der Waals surface area contributed by atoms with E-state index < -0.39 is 0 Å². The molecule has 58 valence electrons. The maximum Gasteiger partial charge on any atom is 0.146 e. The maximum atomic E-state index is 10.3. The summed E-state index contributed by atoms with van der Waals surface area (Å²) < 4.78 is 0. The molecule has 1 aromatic rings. The average Bonchev–Trinajstić information content (AvgIpc) is 2.53. The molecule has 1 rings (SSSR count). The van der Waals surface area contributed by atoms with Crippen LogP contribution in [0.3, 0.4) is 0 Å². The van der Waals surface area contributed by atoms with Gasteiger partial charge in [-0.2, -0.15) is 0 Å². The van der Waals surface area contributed by atoms with E-state index in [4.69, 9.17) is 0 Å². The first-order valence-electron chi connectivity index (χ1n) is 3.43. The van der Waals surface area contributed by atoms with Gasteiger partial charge in [-0.3, -0.25) is 4.79 Å². The van der Waals surface area contributed by atoms with Crippen LogP contribution in [0.2, 0.25) is 0 Å². The molecule has 0 saturated carbocycles. The lowest BCUT2D eigenvalue weighted by Crippen LogP contribution is -1.94. The van der Waals surface area contributed by atoms with Gasteiger partial charge in [0, 0.05) is 10.8 Å². The third-order valence-corrected chi connectivity index (χ3v) is 2.73. The zero-order valence-electron chi connectivity index (χ0n) is 6.41. The molecule has 0 unspecified atom stereocenters. The SMILES string of the molecule is C=C(C=O)[C@@H](C)c1cccs1. The highest BCUT2D eigenvalue weighted by Gasteiger charge is 2.08. The molecule has 0 saturated heterocycles. The van der Waals surface area contributed by atoms with Crippen LogP contribution < -0.4 is 0 Å². The maximum absolute atomic E-state index is 10.3. The zero-order chi connectivity index (χ0) is 8.27. The van der Waals surface area contributed by atoms with E-state index >= 15 is 0 Å². The summed E-state index contributed by atoms with van der Waals surface area (Å²) >= 11 is 1.65. The van der Waals surface area contributed by atoms with Crippen molar-refractivity contribution in [3.63, 3.8) is 0 Å². The molecule has 1 nitrogen and oxygen atoms in total. The van der Waals surface area contributed by atoms with Gasteiger partial charge >= 0.3 is 0 Å². The van der Waals surface area contributed by atoms with E-state index in [0.717, 1.165) is 6.29 Å². The fourth-order valence-corrected chi connectivity index (χ4v) is 1.65. The van der Waals surface area contributed by atoms with Crippen LogP contribution in [0.5, 0.6) is 0 Å². The molecular formula is C9H10OS. The Labute approximate surface area is 70.4 Å². The van der Waals surface area contributed by atoms with E-state index in [-0.39, 0.29) is 5.92 Å². The fraction of sp³-hybridized carbons (Fsp3) is 0.222. The predicted octanol–water partition coefficient (Wildman–Crippen LogP) is 2.61. The molecule has 0 amide bonds. The second-order valence-electron chi connectivity index (χ2n) is 2.43. The minimum Gasteiger partial charge on any atom is -0.298 e. The summed E-state index contributed by atoms with van der Waals surface area (Å²) in [6, 6.07) is 4.00. The Bertz CT molecular complexity index is 249. The van der Waals surface area contributed by atoms with Crippen molar-refractivity contribution >= 4 is 17.6 Å². The van der Waals surface area contributed by atoms with Crippen molar-refractivity contribution in [3.05, 3.63) is 34.5 Å². The molecule has 1 heterocycles. The minimum absolute atomic E-state index is 0.174. The molecular weight excluding hydrogens is 156 g/mol.